The number of allylic oxidation sites excluding steroid dienone is 10. The van der Waals surface area contributed by atoms with Gasteiger partial charge in [0.15, 0.2) is 0 Å². The number of hydrogen-bond acceptors (Lipinski definition) is 5. The first-order valence-electron chi connectivity index (χ1n) is 30.0. The molecule has 0 fully saturated rings. The molecule has 0 bridgehead atoms. The number of aliphatic hydroxyl groups excluding tert-OH is 2. The molecule has 0 aromatic rings. The Morgan fingerprint density at radius 3 is 1.25 bits per heavy atom. The predicted molar refractivity (Wildman–Crippen MR) is 301 cm³/mol. The van der Waals surface area contributed by atoms with Crippen LogP contribution in [-0.2, 0) is 14.3 Å². The summed E-state index contributed by atoms with van der Waals surface area (Å²) in [6, 6.07) is -0.720. The van der Waals surface area contributed by atoms with Crippen molar-refractivity contribution >= 4 is 11.9 Å². The molecule has 0 aliphatic rings. The van der Waals surface area contributed by atoms with Crippen molar-refractivity contribution in [3.63, 3.8) is 0 Å². The molecule has 0 spiro atoms. The number of esters is 1. The monoisotopic (exact) mass is 966 g/mol. The number of ether oxygens (including phenoxy) is 1. The average Bonchev–Trinajstić information content (AvgIpc) is 3.34. The van der Waals surface area contributed by atoms with Gasteiger partial charge in [-0.15, -0.1) is 0 Å². The van der Waals surface area contributed by atoms with E-state index in [2.05, 4.69) is 86.8 Å². The van der Waals surface area contributed by atoms with Gasteiger partial charge in [-0.1, -0.05) is 261 Å². The summed E-state index contributed by atoms with van der Waals surface area (Å²) in [5.41, 5.74) is 0. The lowest BCUT2D eigenvalue weighted by molar-refractivity contribution is -0.151. The number of aliphatic hydroxyl groups is 2. The number of hydrogen-bond donors (Lipinski definition) is 3. The van der Waals surface area contributed by atoms with Gasteiger partial charge < -0.3 is 20.3 Å². The van der Waals surface area contributed by atoms with E-state index in [-0.39, 0.29) is 24.9 Å². The van der Waals surface area contributed by atoms with Crippen LogP contribution in [0.15, 0.2) is 60.8 Å². The highest BCUT2D eigenvalue weighted by atomic mass is 16.5. The first-order chi connectivity index (χ1) is 34.0. The summed E-state index contributed by atoms with van der Waals surface area (Å²) in [5, 5.41) is 23.9. The van der Waals surface area contributed by atoms with E-state index in [4.69, 9.17) is 4.74 Å². The number of unbranched alkanes of at least 4 members (excludes halogenated alkanes) is 33. The molecule has 6 nitrogen and oxygen atoms in total. The summed E-state index contributed by atoms with van der Waals surface area (Å²) in [7, 11) is 0. The maximum absolute atomic E-state index is 13.3. The van der Waals surface area contributed by atoms with Crippen LogP contribution in [0.3, 0.4) is 0 Å². The van der Waals surface area contributed by atoms with Crippen LogP contribution < -0.4 is 5.32 Å². The van der Waals surface area contributed by atoms with Crippen LogP contribution in [0.25, 0.3) is 0 Å². The molecule has 402 valence electrons. The van der Waals surface area contributed by atoms with Gasteiger partial charge in [0, 0.05) is 6.42 Å². The van der Waals surface area contributed by atoms with Gasteiger partial charge in [0.25, 0.3) is 0 Å². The van der Waals surface area contributed by atoms with Crippen molar-refractivity contribution in [3.05, 3.63) is 60.8 Å². The lowest BCUT2D eigenvalue weighted by Gasteiger charge is -2.24. The number of nitrogens with one attached hydrogen (secondary N) is 1. The second-order valence-corrected chi connectivity index (χ2v) is 20.4. The Bertz CT molecular complexity index is 1220. The fraction of sp³-hybridized carbons (Fsp3) is 0.810. The zero-order valence-electron chi connectivity index (χ0n) is 45.9. The Morgan fingerprint density at radius 2 is 0.783 bits per heavy atom. The van der Waals surface area contributed by atoms with Crippen molar-refractivity contribution in [2.45, 2.75) is 322 Å². The predicted octanol–water partition coefficient (Wildman–Crippen LogP) is 18.7. The van der Waals surface area contributed by atoms with Crippen LogP contribution in [0.4, 0.5) is 0 Å². The van der Waals surface area contributed by atoms with Crippen molar-refractivity contribution in [1.29, 1.82) is 0 Å². The lowest BCUT2D eigenvalue weighted by atomic mass is 10.0. The van der Waals surface area contributed by atoms with E-state index in [1.165, 1.54) is 167 Å². The Hall–Kier alpha value is -2.44. The van der Waals surface area contributed by atoms with Gasteiger partial charge in [-0.05, 0) is 89.9 Å². The summed E-state index contributed by atoms with van der Waals surface area (Å²) >= 11 is 0. The zero-order valence-corrected chi connectivity index (χ0v) is 45.9. The van der Waals surface area contributed by atoms with E-state index in [1.807, 2.05) is 0 Å². The minimum Gasteiger partial charge on any atom is -0.462 e. The molecule has 0 aromatic carbocycles. The minimum atomic E-state index is -0.803. The first-order valence-corrected chi connectivity index (χ1v) is 30.0. The number of carbonyl (C=O) groups excluding carboxylic acids is 2. The Morgan fingerprint density at radius 1 is 0.435 bits per heavy atom. The molecule has 3 atom stereocenters. The van der Waals surface area contributed by atoms with Crippen molar-refractivity contribution in [1.82, 2.24) is 5.32 Å². The minimum absolute atomic E-state index is 0.0452. The van der Waals surface area contributed by atoms with E-state index < -0.39 is 18.2 Å². The average molecular weight is 967 g/mol. The largest absolute Gasteiger partial charge is 0.462 e. The zero-order chi connectivity index (χ0) is 50.2. The summed E-state index contributed by atoms with van der Waals surface area (Å²) in [4.78, 5) is 26.3. The molecule has 0 heterocycles. The molecule has 69 heavy (non-hydrogen) atoms. The molecule has 0 aliphatic heterocycles. The SMILES string of the molecule is CCCCC/C=C\C/C=C\C/C=C\CCCCC(CC(=O)NC(CO)C(O)CCCCCCCCCCCCCCCCCCC)OC(=O)CCCCCCC/C=C/C=C/CCCCCCCCC. The van der Waals surface area contributed by atoms with Crippen LogP contribution >= 0.6 is 0 Å². The molecule has 0 aliphatic carbocycles. The number of carbonyl (C=O) groups is 2. The van der Waals surface area contributed by atoms with E-state index in [0.717, 1.165) is 89.9 Å². The summed E-state index contributed by atoms with van der Waals surface area (Å²) in [6.07, 6.45) is 71.5. The Labute approximate surface area is 428 Å². The van der Waals surface area contributed by atoms with Gasteiger partial charge in [0.2, 0.25) is 5.91 Å². The third-order valence-corrected chi connectivity index (χ3v) is 13.6. The van der Waals surface area contributed by atoms with E-state index in [1.54, 1.807) is 0 Å². The summed E-state index contributed by atoms with van der Waals surface area (Å²) in [6.45, 7) is 6.47. The second kappa shape index (κ2) is 56.5. The Kier molecular flexibility index (Phi) is 54.5. The van der Waals surface area contributed by atoms with E-state index in [0.29, 0.717) is 19.3 Å². The summed E-state index contributed by atoms with van der Waals surface area (Å²) < 4.78 is 5.94. The van der Waals surface area contributed by atoms with Crippen molar-refractivity contribution in [3.8, 4) is 0 Å². The molecular formula is C63H115NO5. The van der Waals surface area contributed by atoms with Crippen molar-refractivity contribution < 1.29 is 24.5 Å². The molecule has 0 aromatic heterocycles. The van der Waals surface area contributed by atoms with E-state index in [9.17, 15) is 19.8 Å². The maximum Gasteiger partial charge on any atom is 0.306 e. The van der Waals surface area contributed by atoms with Gasteiger partial charge in [-0.25, -0.2) is 0 Å². The maximum atomic E-state index is 13.3. The number of rotatable bonds is 54. The molecule has 1 amide bonds. The Balaban J connectivity index is 4.60. The molecule has 0 rings (SSSR count). The highest BCUT2D eigenvalue weighted by Crippen LogP contribution is 2.18. The second-order valence-electron chi connectivity index (χ2n) is 20.4. The normalized spacial score (nSPS) is 13.5. The summed E-state index contributed by atoms with van der Waals surface area (Å²) in [5.74, 6) is -0.521. The van der Waals surface area contributed by atoms with Crippen molar-refractivity contribution in [2.75, 3.05) is 6.61 Å². The molecule has 6 heteroatoms. The number of amides is 1. The standard InChI is InChI=1S/C63H115NO5/c1-4-7-10-13-16-19-22-25-28-30-32-35-38-41-44-47-50-53-56-63(68)69-59(54-51-48-45-42-39-36-33-27-24-21-18-15-12-9-6-3)57-62(67)64-60(58-65)61(66)55-52-49-46-43-40-37-34-31-29-26-23-20-17-14-11-8-5-2/h18,21,27-28,30,32-33,35,39,42,59-61,65-66H,4-17,19-20,22-26,29,31,34,36-38,40-41,43-58H2,1-3H3,(H,64,67)/b21-18-,30-28+,33-27-,35-32+,42-39-. The van der Waals surface area contributed by atoms with Crippen LogP contribution in [0, 0.1) is 0 Å². The van der Waals surface area contributed by atoms with Gasteiger partial charge >= 0.3 is 5.97 Å². The smallest absolute Gasteiger partial charge is 0.306 e. The van der Waals surface area contributed by atoms with E-state index >= 15 is 0 Å². The third kappa shape index (κ3) is 51.7. The van der Waals surface area contributed by atoms with Gasteiger partial charge in [0.1, 0.15) is 6.10 Å². The topological polar surface area (TPSA) is 95.9 Å². The molecule has 3 N–H and O–H groups in total. The van der Waals surface area contributed by atoms with Crippen LogP contribution in [0.2, 0.25) is 0 Å². The highest BCUT2D eigenvalue weighted by molar-refractivity contribution is 5.77. The van der Waals surface area contributed by atoms with Crippen LogP contribution in [0.5, 0.6) is 0 Å². The molecule has 0 saturated heterocycles. The highest BCUT2D eigenvalue weighted by Gasteiger charge is 2.24. The quantitative estimate of drug-likeness (QED) is 0.0244. The van der Waals surface area contributed by atoms with Gasteiger partial charge in [-0.3, -0.25) is 9.59 Å². The first kappa shape index (κ1) is 66.6. The molecule has 0 saturated carbocycles. The van der Waals surface area contributed by atoms with Crippen molar-refractivity contribution in [2.24, 2.45) is 0 Å². The third-order valence-electron chi connectivity index (χ3n) is 13.6. The molecule has 3 unspecified atom stereocenters. The van der Waals surface area contributed by atoms with Gasteiger partial charge in [-0.2, -0.15) is 0 Å². The molecule has 0 radical (unpaired) electrons. The fourth-order valence-corrected chi connectivity index (χ4v) is 9.02. The molecular weight excluding hydrogens is 851 g/mol. The van der Waals surface area contributed by atoms with Gasteiger partial charge in [0.05, 0.1) is 25.2 Å². The lowest BCUT2D eigenvalue weighted by Crippen LogP contribution is -2.46. The van der Waals surface area contributed by atoms with Crippen LogP contribution in [0.1, 0.15) is 303 Å². The fourth-order valence-electron chi connectivity index (χ4n) is 9.02. The van der Waals surface area contributed by atoms with Crippen LogP contribution in [-0.4, -0.2) is 46.9 Å².